The topological polar surface area (TPSA) is 62.8 Å². The van der Waals surface area contributed by atoms with Gasteiger partial charge in [0.2, 0.25) is 11.6 Å². The van der Waals surface area contributed by atoms with Crippen molar-refractivity contribution in [3.8, 4) is 11.3 Å². The van der Waals surface area contributed by atoms with E-state index in [0.717, 1.165) is 16.8 Å². The third-order valence-corrected chi connectivity index (χ3v) is 4.32. The number of hydrogen-bond donors (Lipinski definition) is 1. The zero-order valence-corrected chi connectivity index (χ0v) is 12.6. The van der Waals surface area contributed by atoms with Gasteiger partial charge in [0, 0.05) is 23.2 Å². The predicted molar refractivity (Wildman–Crippen MR) is 86.2 cm³/mol. The van der Waals surface area contributed by atoms with Crippen LogP contribution in [0.5, 0.6) is 0 Å². The number of aromatic nitrogens is 2. The molecule has 1 aliphatic carbocycles. The SMILES string of the molecule is O=C1C(=O)C(Cc2cc(-c3ccc(F)cc3)n[nH]2)c2ccccc21. The minimum atomic E-state index is -0.477. The Balaban J connectivity index is 1.62. The molecule has 0 spiro atoms. The second-order valence-electron chi connectivity index (χ2n) is 5.82. The zero-order valence-electron chi connectivity index (χ0n) is 12.6. The molecule has 0 amide bonds. The molecular formula is C19H13FN2O2. The van der Waals surface area contributed by atoms with E-state index >= 15 is 0 Å². The number of hydrogen-bond acceptors (Lipinski definition) is 3. The maximum Gasteiger partial charge on any atom is 0.229 e. The first-order valence-corrected chi connectivity index (χ1v) is 7.61. The number of carbonyl (C=O) groups excluding carboxylic acids is 2. The summed E-state index contributed by atoms with van der Waals surface area (Å²) >= 11 is 0. The molecule has 4 nitrogen and oxygen atoms in total. The van der Waals surface area contributed by atoms with Gasteiger partial charge in [-0.2, -0.15) is 5.10 Å². The molecule has 1 unspecified atom stereocenters. The summed E-state index contributed by atoms with van der Waals surface area (Å²) in [4.78, 5) is 24.3. The number of nitrogens with zero attached hydrogens (tertiary/aromatic N) is 1. The van der Waals surface area contributed by atoms with Gasteiger partial charge < -0.3 is 0 Å². The summed E-state index contributed by atoms with van der Waals surface area (Å²) in [5.41, 5.74) is 3.48. The predicted octanol–water partition coefficient (Wildman–Crippen LogP) is 3.31. The van der Waals surface area contributed by atoms with Crippen LogP contribution in [0.3, 0.4) is 0 Å². The lowest BCUT2D eigenvalue weighted by atomic mass is 9.95. The lowest BCUT2D eigenvalue weighted by molar-refractivity contribution is -0.115. The molecule has 5 heteroatoms. The molecule has 1 atom stereocenters. The molecule has 2 aromatic carbocycles. The molecule has 3 aromatic rings. The van der Waals surface area contributed by atoms with Gasteiger partial charge >= 0.3 is 0 Å². The Morgan fingerprint density at radius 1 is 1.04 bits per heavy atom. The Morgan fingerprint density at radius 3 is 2.58 bits per heavy atom. The van der Waals surface area contributed by atoms with E-state index in [2.05, 4.69) is 10.2 Å². The van der Waals surface area contributed by atoms with Crippen molar-refractivity contribution in [2.75, 3.05) is 0 Å². The standard InChI is InChI=1S/C19H13FN2O2/c20-12-7-5-11(6-8-12)17-10-13(21-22-17)9-16-14-3-1-2-4-15(14)18(23)19(16)24/h1-8,10,16H,9H2,(H,21,22). The zero-order chi connectivity index (χ0) is 16.7. The van der Waals surface area contributed by atoms with Crippen molar-refractivity contribution in [3.63, 3.8) is 0 Å². The Labute approximate surface area is 137 Å². The Bertz CT molecular complexity index is 944. The normalized spacial score (nSPS) is 16.5. The highest BCUT2D eigenvalue weighted by Crippen LogP contribution is 2.33. The van der Waals surface area contributed by atoms with Crippen LogP contribution in [0.2, 0.25) is 0 Å². The first kappa shape index (κ1) is 14.5. The minimum Gasteiger partial charge on any atom is -0.290 e. The molecule has 4 rings (SSSR count). The van der Waals surface area contributed by atoms with Crippen molar-refractivity contribution in [1.82, 2.24) is 10.2 Å². The highest BCUT2D eigenvalue weighted by molar-refractivity contribution is 6.48. The summed E-state index contributed by atoms with van der Waals surface area (Å²) in [6.45, 7) is 0. The van der Waals surface area contributed by atoms with Crippen LogP contribution in [-0.4, -0.2) is 21.8 Å². The lowest BCUT2D eigenvalue weighted by Crippen LogP contribution is -2.14. The second-order valence-corrected chi connectivity index (χ2v) is 5.82. The van der Waals surface area contributed by atoms with Gasteiger partial charge in [-0.25, -0.2) is 4.39 Å². The van der Waals surface area contributed by atoms with Gasteiger partial charge in [-0.05, 0) is 35.9 Å². The number of carbonyl (C=O) groups is 2. The molecule has 0 saturated heterocycles. The quantitative estimate of drug-likeness (QED) is 0.753. The molecule has 1 aromatic heterocycles. The van der Waals surface area contributed by atoms with Gasteiger partial charge in [0.15, 0.2) is 0 Å². The van der Waals surface area contributed by atoms with Crippen molar-refractivity contribution < 1.29 is 14.0 Å². The summed E-state index contributed by atoms with van der Waals surface area (Å²) in [6, 6.07) is 15.0. The summed E-state index contributed by atoms with van der Waals surface area (Å²) in [5, 5.41) is 7.12. The van der Waals surface area contributed by atoms with Crippen LogP contribution in [0.1, 0.15) is 27.5 Å². The smallest absolute Gasteiger partial charge is 0.229 e. The molecule has 118 valence electrons. The number of aromatic amines is 1. The van der Waals surface area contributed by atoms with E-state index in [4.69, 9.17) is 0 Å². The maximum absolute atomic E-state index is 13.0. The third kappa shape index (κ3) is 2.34. The number of rotatable bonds is 3. The maximum atomic E-state index is 13.0. The monoisotopic (exact) mass is 320 g/mol. The molecule has 0 radical (unpaired) electrons. The second kappa shape index (κ2) is 5.53. The Kier molecular flexibility index (Phi) is 3.34. The van der Waals surface area contributed by atoms with Gasteiger partial charge in [-0.15, -0.1) is 0 Å². The summed E-state index contributed by atoms with van der Waals surface area (Å²) < 4.78 is 13.0. The number of H-pyrrole nitrogens is 1. The van der Waals surface area contributed by atoms with E-state index in [1.54, 1.807) is 24.3 Å². The molecule has 1 N–H and O–H groups in total. The lowest BCUT2D eigenvalue weighted by Gasteiger charge is -2.07. The van der Waals surface area contributed by atoms with Gasteiger partial charge in [0.1, 0.15) is 5.82 Å². The van der Waals surface area contributed by atoms with Gasteiger partial charge in [0.25, 0.3) is 0 Å². The molecule has 1 aliphatic rings. The number of benzene rings is 2. The van der Waals surface area contributed by atoms with Gasteiger partial charge in [-0.1, -0.05) is 24.3 Å². The number of fused-ring (bicyclic) bond motifs is 1. The number of halogens is 1. The van der Waals surface area contributed by atoms with Crippen LogP contribution in [0, 0.1) is 5.82 Å². The molecule has 24 heavy (non-hydrogen) atoms. The van der Waals surface area contributed by atoms with E-state index in [0.29, 0.717) is 17.7 Å². The van der Waals surface area contributed by atoms with Crippen molar-refractivity contribution in [3.05, 3.63) is 77.2 Å². The summed E-state index contributed by atoms with van der Waals surface area (Å²) in [6.07, 6.45) is 0.385. The highest BCUT2D eigenvalue weighted by Gasteiger charge is 2.38. The largest absolute Gasteiger partial charge is 0.290 e. The van der Waals surface area contributed by atoms with Gasteiger partial charge in [-0.3, -0.25) is 14.7 Å². The van der Waals surface area contributed by atoms with Crippen LogP contribution < -0.4 is 0 Å². The van der Waals surface area contributed by atoms with E-state index in [-0.39, 0.29) is 11.6 Å². The first-order valence-electron chi connectivity index (χ1n) is 7.61. The van der Waals surface area contributed by atoms with Crippen molar-refractivity contribution in [1.29, 1.82) is 0 Å². The molecule has 0 aliphatic heterocycles. The molecule has 1 heterocycles. The fourth-order valence-electron chi connectivity index (χ4n) is 3.10. The summed E-state index contributed by atoms with van der Waals surface area (Å²) in [5.74, 6) is -1.58. The van der Waals surface area contributed by atoms with E-state index in [1.807, 2.05) is 18.2 Å². The van der Waals surface area contributed by atoms with Crippen molar-refractivity contribution >= 4 is 11.6 Å². The van der Waals surface area contributed by atoms with E-state index in [9.17, 15) is 14.0 Å². The number of nitrogens with one attached hydrogen (secondary N) is 1. The molecular weight excluding hydrogens is 307 g/mol. The minimum absolute atomic E-state index is 0.304. The fourth-order valence-corrected chi connectivity index (χ4v) is 3.10. The van der Waals surface area contributed by atoms with Crippen LogP contribution in [0.4, 0.5) is 4.39 Å². The van der Waals surface area contributed by atoms with Crippen LogP contribution in [-0.2, 0) is 11.2 Å². The summed E-state index contributed by atoms with van der Waals surface area (Å²) in [7, 11) is 0. The highest BCUT2D eigenvalue weighted by atomic mass is 19.1. The van der Waals surface area contributed by atoms with Crippen molar-refractivity contribution in [2.24, 2.45) is 0 Å². The van der Waals surface area contributed by atoms with E-state index < -0.39 is 11.7 Å². The number of Topliss-reactive ketones (excluding diaryl/α,β-unsaturated/α-hetero) is 2. The Hall–Kier alpha value is -3.08. The molecule has 0 fully saturated rings. The average Bonchev–Trinajstić information content (AvgIpc) is 3.16. The third-order valence-electron chi connectivity index (χ3n) is 4.32. The van der Waals surface area contributed by atoms with Crippen LogP contribution in [0.15, 0.2) is 54.6 Å². The molecule has 0 bridgehead atoms. The Morgan fingerprint density at radius 2 is 1.79 bits per heavy atom. The molecule has 0 saturated carbocycles. The van der Waals surface area contributed by atoms with E-state index in [1.165, 1.54) is 12.1 Å². The number of ketones is 2. The average molecular weight is 320 g/mol. The van der Waals surface area contributed by atoms with Crippen molar-refractivity contribution in [2.45, 2.75) is 12.3 Å². The first-order chi connectivity index (χ1) is 11.6. The fraction of sp³-hybridized carbons (Fsp3) is 0.105. The van der Waals surface area contributed by atoms with Gasteiger partial charge in [0.05, 0.1) is 11.6 Å². The van der Waals surface area contributed by atoms with Crippen LogP contribution >= 0.6 is 0 Å². The van der Waals surface area contributed by atoms with Crippen LogP contribution in [0.25, 0.3) is 11.3 Å².